The first-order chi connectivity index (χ1) is 19.9. The van der Waals surface area contributed by atoms with Gasteiger partial charge < -0.3 is 16.2 Å². The highest BCUT2D eigenvalue weighted by atomic mass is 35.5. The summed E-state index contributed by atoms with van der Waals surface area (Å²) in [5.74, 6) is -1.08. The fourth-order valence-electron chi connectivity index (χ4n) is 5.06. The highest BCUT2D eigenvalue weighted by Crippen LogP contribution is 2.46. The molecule has 2 aromatic carbocycles. The number of amides is 1. The molecule has 0 fully saturated rings. The minimum Gasteiger partial charge on any atom is -0.481 e. The maximum Gasteiger partial charge on any atom is 0.309 e. The number of fused-ring (bicyclic) bond motifs is 2. The van der Waals surface area contributed by atoms with Gasteiger partial charge in [-0.3, -0.25) is 14.3 Å². The Balaban J connectivity index is 1.41. The van der Waals surface area contributed by atoms with Crippen molar-refractivity contribution in [1.82, 2.24) is 24.7 Å². The smallest absolute Gasteiger partial charge is 0.309 e. The summed E-state index contributed by atoms with van der Waals surface area (Å²) in [6.45, 7) is 5.30. The molecule has 0 saturated heterocycles. The van der Waals surface area contributed by atoms with Crippen molar-refractivity contribution in [3.8, 4) is 11.5 Å². The van der Waals surface area contributed by atoms with E-state index in [1.54, 1.807) is 55.1 Å². The van der Waals surface area contributed by atoms with Gasteiger partial charge in [-0.05, 0) is 56.7 Å². The van der Waals surface area contributed by atoms with Gasteiger partial charge >= 0.3 is 5.97 Å². The second-order valence-electron chi connectivity index (χ2n) is 11.0. The van der Waals surface area contributed by atoms with Crippen molar-refractivity contribution in [2.75, 3.05) is 11.1 Å². The number of carboxylic acids is 1. The third kappa shape index (κ3) is 4.56. The molecule has 0 saturated carbocycles. The summed E-state index contributed by atoms with van der Waals surface area (Å²) in [5.41, 5.74) is 7.17. The van der Waals surface area contributed by atoms with E-state index >= 15 is 0 Å². The van der Waals surface area contributed by atoms with Crippen molar-refractivity contribution in [3.05, 3.63) is 80.5 Å². The van der Waals surface area contributed by atoms with Gasteiger partial charge in [0, 0.05) is 22.2 Å². The van der Waals surface area contributed by atoms with Gasteiger partial charge in [-0.25, -0.2) is 19.3 Å². The van der Waals surface area contributed by atoms with Crippen molar-refractivity contribution in [3.63, 3.8) is 0 Å². The SMILES string of the molecule is CC(C)(Cc1csc([C@]2(C)C(=O)Nc3nc(-c4nn(Cc5ccc(F)cc5)c5cc(Cl)ccc45)nc(N)c32)n1)C(=O)O. The van der Waals surface area contributed by atoms with Crippen LogP contribution in [0, 0.1) is 11.2 Å². The second-order valence-corrected chi connectivity index (χ2v) is 12.3. The lowest BCUT2D eigenvalue weighted by Crippen LogP contribution is -2.33. The molecule has 0 spiro atoms. The molecule has 0 radical (unpaired) electrons. The molecule has 4 N–H and O–H groups in total. The summed E-state index contributed by atoms with van der Waals surface area (Å²) >= 11 is 7.56. The fourth-order valence-corrected chi connectivity index (χ4v) is 6.21. The number of nitrogen functional groups attached to an aromatic ring is 1. The van der Waals surface area contributed by atoms with Crippen LogP contribution in [-0.4, -0.2) is 41.7 Å². The van der Waals surface area contributed by atoms with E-state index in [0.29, 0.717) is 33.5 Å². The van der Waals surface area contributed by atoms with E-state index in [2.05, 4.69) is 20.3 Å². The van der Waals surface area contributed by atoms with Crippen LogP contribution in [0.5, 0.6) is 0 Å². The average molecular weight is 606 g/mol. The molecule has 214 valence electrons. The molecule has 6 rings (SSSR count). The number of nitrogens with two attached hydrogens (primary N) is 1. The summed E-state index contributed by atoms with van der Waals surface area (Å²) in [7, 11) is 0. The molecular formula is C29H25ClFN7O3S. The maximum absolute atomic E-state index is 13.5. The van der Waals surface area contributed by atoms with E-state index in [1.807, 2.05) is 6.07 Å². The number of anilines is 2. The summed E-state index contributed by atoms with van der Waals surface area (Å²) in [6.07, 6.45) is 0.200. The Hall–Kier alpha value is -4.42. The number of carbonyl (C=O) groups is 2. The van der Waals surface area contributed by atoms with Crippen LogP contribution in [0.1, 0.15) is 42.6 Å². The number of hydrogen-bond acceptors (Lipinski definition) is 8. The quantitative estimate of drug-likeness (QED) is 0.227. The van der Waals surface area contributed by atoms with E-state index in [-0.39, 0.29) is 35.6 Å². The van der Waals surface area contributed by atoms with Crippen LogP contribution in [-0.2, 0) is 28.0 Å². The number of aromatic nitrogens is 5. The molecular weight excluding hydrogens is 581 g/mol. The van der Waals surface area contributed by atoms with Crippen molar-refractivity contribution < 1.29 is 19.1 Å². The zero-order chi connectivity index (χ0) is 30.0. The summed E-state index contributed by atoms with van der Waals surface area (Å²) in [4.78, 5) is 38.9. The van der Waals surface area contributed by atoms with Gasteiger partial charge in [0.05, 0.1) is 28.7 Å². The lowest BCUT2D eigenvalue weighted by molar-refractivity contribution is -0.146. The minimum atomic E-state index is -1.27. The summed E-state index contributed by atoms with van der Waals surface area (Å²) in [5, 5.41) is 20.6. The Morgan fingerprint density at radius 1 is 1.19 bits per heavy atom. The number of carbonyl (C=O) groups excluding carboxylic acids is 1. The zero-order valence-electron chi connectivity index (χ0n) is 22.8. The van der Waals surface area contributed by atoms with Crippen molar-refractivity contribution in [2.24, 2.45) is 5.41 Å². The molecule has 1 aliphatic heterocycles. The first-order valence-electron chi connectivity index (χ1n) is 13.0. The molecule has 5 aromatic rings. The van der Waals surface area contributed by atoms with E-state index in [9.17, 15) is 19.1 Å². The lowest BCUT2D eigenvalue weighted by atomic mass is 9.85. The second kappa shape index (κ2) is 9.85. The summed E-state index contributed by atoms with van der Waals surface area (Å²) in [6, 6.07) is 11.5. The molecule has 0 unspecified atom stereocenters. The Labute approximate surface area is 248 Å². The summed E-state index contributed by atoms with van der Waals surface area (Å²) < 4.78 is 15.2. The number of aliphatic carboxylic acids is 1. The van der Waals surface area contributed by atoms with Crippen LogP contribution < -0.4 is 11.1 Å². The molecule has 0 bridgehead atoms. The number of nitrogens with zero attached hydrogens (tertiary/aromatic N) is 5. The third-order valence-corrected chi connectivity index (χ3v) is 8.82. The largest absolute Gasteiger partial charge is 0.481 e. The zero-order valence-corrected chi connectivity index (χ0v) is 24.3. The van der Waals surface area contributed by atoms with Crippen LogP contribution in [0.4, 0.5) is 16.0 Å². The van der Waals surface area contributed by atoms with E-state index in [1.165, 1.54) is 23.5 Å². The number of carboxylic acid groups (broad SMARTS) is 1. The van der Waals surface area contributed by atoms with Crippen molar-refractivity contribution >= 4 is 57.4 Å². The monoisotopic (exact) mass is 605 g/mol. The van der Waals surface area contributed by atoms with E-state index in [4.69, 9.17) is 22.4 Å². The van der Waals surface area contributed by atoms with Gasteiger partial charge in [0.2, 0.25) is 5.91 Å². The Bertz CT molecular complexity index is 1900. The van der Waals surface area contributed by atoms with Crippen molar-refractivity contribution in [1.29, 1.82) is 0 Å². The molecule has 0 aliphatic carbocycles. The Morgan fingerprint density at radius 3 is 2.64 bits per heavy atom. The first kappa shape index (κ1) is 27.7. The minimum absolute atomic E-state index is 0.0914. The first-order valence-corrected chi connectivity index (χ1v) is 14.2. The predicted molar refractivity (Wildman–Crippen MR) is 158 cm³/mol. The number of halogens is 2. The molecule has 1 atom stereocenters. The van der Waals surface area contributed by atoms with Crippen LogP contribution in [0.3, 0.4) is 0 Å². The Morgan fingerprint density at radius 2 is 1.93 bits per heavy atom. The van der Waals surface area contributed by atoms with Gasteiger partial charge in [0.1, 0.15) is 33.6 Å². The standard InChI is InChI=1S/C29H25ClFN7O3S/c1-28(2,27(40)41)11-17-13-42-26(33-17)29(3)20-22(32)34-24(35-23(20)36-25(29)39)21-18-9-6-15(30)10-19(18)38(37-21)12-14-4-7-16(31)8-5-14/h4-10,13H,11-12H2,1-3H3,(H,40,41)(H3,32,34,35,36,39)/t29-/m0/s1. The normalized spacial score (nSPS) is 16.5. The molecule has 1 amide bonds. The third-order valence-electron chi connectivity index (χ3n) is 7.48. The number of rotatable bonds is 7. The van der Waals surface area contributed by atoms with Gasteiger partial charge in [0.25, 0.3) is 0 Å². The number of nitrogens with one attached hydrogen (secondary N) is 1. The predicted octanol–water partition coefficient (Wildman–Crippen LogP) is 5.28. The number of hydrogen-bond donors (Lipinski definition) is 3. The molecule has 42 heavy (non-hydrogen) atoms. The van der Waals surface area contributed by atoms with Crippen LogP contribution in [0.2, 0.25) is 5.02 Å². The topological polar surface area (TPSA) is 149 Å². The lowest BCUT2D eigenvalue weighted by Gasteiger charge is -2.20. The van der Waals surface area contributed by atoms with Gasteiger partial charge in [-0.2, -0.15) is 5.10 Å². The van der Waals surface area contributed by atoms with Gasteiger partial charge in [0.15, 0.2) is 5.82 Å². The molecule has 4 heterocycles. The van der Waals surface area contributed by atoms with Crippen LogP contribution in [0.25, 0.3) is 22.4 Å². The van der Waals surface area contributed by atoms with Crippen LogP contribution in [0.15, 0.2) is 47.8 Å². The van der Waals surface area contributed by atoms with Crippen molar-refractivity contribution in [2.45, 2.75) is 39.2 Å². The van der Waals surface area contributed by atoms with E-state index in [0.717, 1.165) is 16.5 Å². The molecule has 13 heteroatoms. The van der Waals surface area contributed by atoms with Crippen LogP contribution >= 0.6 is 22.9 Å². The maximum atomic E-state index is 13.5. The van der Waals surface area contributed by atoms with E-state index < -0.39 is 16.8 Å². The average Bonchev–Trinajstić information content (AvgIpc) is 3.60. The fraction of sp³-hybridized carbons (Fsp3) is 0.241. The number of benzene rings is 2. The van der Waals surface area contributed by atoms with Gasteiger partial charge in [-0.15, -0.1) is 11.3 Å². The Kier molecular flexibility index (Phi) is 6.50. The van der Waals surface area contributed by atoms with Gasteiger partial charge in [-0.1, -0.05) is 23.7 Å². The molecule has 3 aromatic heterocycles. The number of thiazole rings is 1. The molecule has 1 aliphatic rings. The molecule has 10 nitrogen and oxygen atoms in total. The highest BCUT2D eigenvalue weighted by Gasteiger charge is 2.50. The highest BCUT2D eigenvalue weighted by molar-refractivity contribution is 7.10.